The number of amides is 1. The molecule has 2 aromatic carbocycles. The normalized spacial score (nSPS) is 14.5. The topological polar surface area (TPSA) is 115 Å². The van der Waals surface area contributed by atoms with Gasteiger partial charge < -0.3 is 30.0 Å². The molecule has 1 saturated carbocycles. The molecule has 202 valence electrons. The zero-order valence-corrected chi connectivity index (χ0v) is 24.7. The molecule has 2 atom stereocenters. The molecule has 0 aliphatic heterocycles. The van der Waals surface area contributed by atoms with Gasteiger partial charge in [0.2, 0.25) is 0 Å². The Balaban J connectivity index is 0.00000420. The van der Waals surface area contributed by atoms with Crippen molar-refractivity contribution in [2.45, 2.75) is 76.7 Å². The number of hydrogen-bond acceptors (Lipinski definition) is 5. The summed E-state index contributed by atoms with van der Waals surface area (Å²) in [5, 5.41) is 34.5. The number of carboxylic acids is 1. The van der Waals surface area contributed by atoms with E-state index >= 15 is 0 Å². The number of rotatable bonds is 12. The number of carbonyl (C=O) groups is 2. The van der Waals surface area contributed by atoms with E-state index in [1.807, 2.05) is 48.7 Å². The molecular formula is C30H34FN2NaO5. The molecule has 1 fully saturated rings. The van der Waals surface area contributed by atoms with Crippen molar-refractivity contribution in [1.29, 1.82) is 0 Å². The molecule has 39 heavy (non-hydrogen) atoms. The SMILES string of the molecule is CC(C)n1c(CC[C@@H](O)C[C@@H](O)CC(=O)[O-])c(-c2ccc(F)cc2)c(-c2ccccc2)c1C(=O)NC1CC1.[Na+]. The molecule has 9 heteroatoms. The minimum atomic E-state index is -1.38. The predicted octanol–water partition coefficient (Wildman–Crippen LogP) is 0.623. The van der Waals surface area contributed by atoms with Gasteiger partial charge >= 0.3 is 29.6 Å². The average Bonchev–Trinajstić information content (AvgIpc) is 3.60. The smallest absolute Gasteiger partial charge is 0.550 e. The van der Waals surface area contributed by atoms with Gasteiger partial charge in [-0.15, -0.1) is 0 Å². The molecule has 0 bridgehead atoms. The van der Waals surface area contributed by atoms with Crippen LogP contribution in [0.1, 0.15) is 68.2 Å². The standard InChI is InChI=1S/C30H35FN2O5.Na/c1-18(2)33-25(15-14-23(34)16-24(35)17-26(36)37)27(20-8-10-21(31)11-9-20)28(19-6-4-3-5-7-19)29(33)30(38)32-22-12-13-22;/h3-11,18,22-24,34-35H,12-17H2,1-2H3,(H,32,38)(H,36,37);/q;+1/p-1/t23-,24-;/m1./s1. The minimum absolute atomic E-state index is 0. The molecule has 1 aliphatic carbocycles. The fourth-order valence-electron chi connectivity index (χ4n) is 4.98. The molecule has 3 aromatic rings. The van der Waals surface area contributed by atoms with Crippen LogP contribution in [-0.4, -0.2) is 44.9 Å². The van der Waals surface area contributed by atoms with Gasteiger partial charge in [0.15, 0.2) is 0 Å². The van der Waals surface area contributed by atoms with Crippen LogP contribution in [0.2, 0.25) is 0 Å². The van der Waals surface area contributed by atoms with E-state index in [-0.39, 0.29) is 66.2 Å². The Kier molecular flexibility index (Phi) is 10.9. The number of carbonyl (C=O) groups excluding carboxylic acids is 2. The van der Waals surface area contributed by atoms with E-state index in [1.165, 1.54) is 12.1 Å². The number of benzene rings is 2. The zero-order valence-electron chi connectivity index (χ0n) is 22.7. The second kappa shape index (κ2) is 13.7. The third-order valence-corrected chi connectivity index (χ3v) is 6.81. The van der Waals surface area contributed by atoms with Crippen molar-refractivity contribution in [3.8, 4) is 22.3 Å². The van der Waals surface area contributed by atoms with E-state index in [2.05, 4.69) is 5.32 Å². The molecular weight excluding hydrogens is 510 g/mol. The number of hydrogen-bond donors (Lipinski definition) is 3. The summed E-state index contributed by atoms with van der Waals surface area (Å²) in [4.78, 5) is 24.5. The van der Waals surface area contributed by atoms with Crippen molar-refractivity contribution < 1.29 is 58.9 Å². The van der Waals surface area contributed by atoms with E-state index in [1.54, 1.807) is 12.1 Å². The van der Waals surface area contributed by atoms with Crippen LogP contribution in [0, 0.1) is 5.82 Å². The summed E-state index contributed by atoms with van der Waals surface area (Å²) in [5.74, 6) is -1.93. The summed E-state index contributed by atoms with van der Waals surface area (Å²) < 4.78 is 15.9. The van der Waals surface area contributed by atoms with Crippen LogP contribution >= 0.6 is 0 Å². The van der Waals surface area contributed by atoms with E-state index in [9.17, 15) is 29.3 Å². The third-order valence-electron chi connectivity index (χ3n) is 6.81. The van der Waals surface area contributed by atoms with E-state index in [0.29, 0.717) is 12.1 Å². The van der Waals surface area contributed by atoms with Gasteiger partial charge in [-0.3, -0.25) is 4.79 Å². The molecule has 0 spiro atoms. The van der Waals surface area contributed by atoms with Crippen LogP contribution in [0.25, 0.3) is 22.3 Å². The monoisotopic (exact) mass is 544 g/mol. The molecule has 0 unspecified atom stereocenters. The van der Waals surface area contributed by atoms with Crippen LogP contribution < -0.4 is 40.0 Å². The molecule has 1 heterocycles. The molecule has 7 nitrogen and oxygen atoms in total. The third kappa shape index (κ3) is 7.80. The first-order chi connectivity index (χ1) is 18.2. The number of nitrogens with one attached hydrogen (secondary N) is 1. The Bertz CT molecular complexity index is 1270. The fraction of sp³-hybridized carbons (Fsp3) is 0.400. The van der Waals surface area contributed by atoms with Gasteiger partial charge in [-0.1, -0.05) is 42.5 Å². The van der Waals surface area contributed by atoms with Gasteiger partial charge in [0.25, 0.3) is 5.91 Å². The van der Waals surface area contributed by atoms with Gasteiger partial charge in [0.1, 0.15) is 11.5 Å². The van der Waals surface area contributed by atoms with Gasteiger partial charge in [0, 0.05) is 41.3 Å². The fourth-order valence-corrected chi connectivity index (χ4v) is 4.98. The predicted molar refractivity (Wildman–Crippen MR) is 141 cm³/mol. The van der Waals surface area contributed by atoms with Gasteiger partial charge in [0.05, 0.1) is 12.2 Å². The maximum absolute atomic E-state index is 13.9. The maximum atomic E-state index is 13.9. The Morgan fingerprint density at radius 3 is 2.18 bits per heavy atom. The van der Waals surface area contributed by atoms with E-state index in [4.69, 9.17) is 0 Å². The number of halogens is 1. The largest absolute Gasteiger partial charge is 1.00 e. The van der Waals surface area contributed by atoms with Crippen molar-refractivity contribution in [2.24, 2.45) is 0 Å². The first-order valence-electron chi connectivity index (χ1n) is 13.1. The Hall–Kier alpha value is -2.49. The zero-order chi connectivity index (χ0) is 27.4. The van der Waals surface area contributed by atoms with Gasteiger partial charge in [-0.05, 0) is 69.2 Å². The van der Waals surface area contributed by atoms with Crippen LogP contribution in [-0.2, 0) is 11.2 Å². The van der Waals surface area contributed by atoms with Crippen LogP contribution in [0.5, 0.6) is 0 Å². The summed E-state index contributed by atoms with van der Waals surface area (Å²) in [6.07, 6.45) is -0.395. The van der Waals surface area contributed by atoms with Crippen LogP contribution in [0.3, 0.4) is 0 Å². The minimum Gasteiger partial charge on any atom is -0.550 e. The molecule has 0 saturated heterocycles. The van der Waals surface area contributed by atoms with Crippen molar-refractivity contribution in [3.05, 3.63) is 71.8 Å². The van der Waals surface area contributed by atoms with Crippen LogP contribution in [0.15, 0.2) is 54.6 Å². The molecule has 1 aromatic heterocycles. The van der Waals surface area contributed by atoms with Crippen molar-refractivity contribution in [2.75, 3.05) is 0 Å². The van der Waals surface area contributed by atoms with Gasteiger partial charge in [-0.2, -0.15) is 0 Å². The average molecular weight is 545 g/mol. The summed E-state index contributed by atoms with van der Waals surface area (Å²) in [5.41, 5.74) is 4.43. The number of nitrogens with zero attached hydrogens (tertiary/aromatic N) is 1. The van der Waals surface area contributed by atoms with E-state index < -0.39 is 24.6 Å². The second-order valence-corrected chi connectivity index (χ2v) is 10.3. The van der Waals surface area contributed by atoms with Crippen molar-refractivity contribution in [1.82, 2.24) is 9.88 Å². The summed E-state index contributed by atoms with van der Waals surface area (Å²) in [6.45, 7) is 3.97. The summed E-state index contributed by atoms with van der Waals surface area (Å²) in [6, 6.07) is 15.8. The van der Waals surface area contributed by atoms with E-state index in [0.717, 1.165) is 40.8 Å². The first-order valence-corrected chi connectivity index (χ1v) is 13.1. The van der Waals surface area contributed by atoms with Crippen molar-refractivity contribution >= 4 is 11.9 Å². The second-order valence-electron chi connectivity index (χ2n) is 10.3. The number of carboxylic acid groups (broad SMARTS) is 1. The Morgan fingerprint density at radius 1 is 1.00 bits per heavy atom. The molecule has 0 radical (unpaired) electrons. The molecule has 3 N–H and O–H groups in total. The molecule has 4 rings (SSSR count). The summed E-state index contributed by atoms with van der Waals surface area (Å²) >= 11 is 0. The summed E-state index contributed by atoms with van der Waals surface area (Å²) in [7, 11) is 0. The quantitative estimate of drug-likeness (QED) is 0.290. The maximum Gasteiger partial charge on any atom is 1.00 e. The number of aromatic nitrogens is 1. The Labute approximate surface area is 250 Å². The number of aliphatic carboxylic acids is 1. The Morgan fingerprint density at radius 2 is 1.62 bits per heavy atom. The molecule has 1 aliphatic rings. The van der Waals surface area contributed by atoms with Gasteiger partial charge in [-0.25, -0.2) is 4.39 Å². The number of aliphatic hydroxyl groups is 2. The molecule has 1 amide bonds. The first kappa shape index (κ1) is 31.0. The van der Waals surface area contributed by atoms with Crippen molar-refractivity contribution in [3.63, 3.8) is 0 Å². The number of aliphatic hydroxyl groups excluding tert-OH is 2. The van der Waals surface area contributed by atoms with Crippen LogP contribution in [0.4, 0.5) is 4.39 Å².